The molecule has 2 aromatic carbocycles. The largest absolute Gasteiger partial charge is 0.494 e. The predicted octanol–water partition coefficient (Wildman–Crippen LogP) is 6.09. The third kappa shape index (κ3) is 6.03. The molecule has 176 valence electrons. The zero-order chi connectivity index (χ0) is 23.0. The minimum Gasteiger partial charge on any atom is -0.494 e. The number of amides is 1. The lowest BCUT2D eigenvalue weighted by molar-refractivity contribution is 0.0917. The van der Waals surface area contributed by atoms with Gasteiger partial charge in [-0.15, -0.1) is 0 Å². The molecular formula is C26H32N2O4S. The molecule has 1 aromatic heterocycles. The van der Waals surface area contributed by atoms with Crippen LogP contribution in [-0.2, 0) is 4.74 Å². The Balaban J connectivity index is 1.59. The van der Waals surface area contributed by atoms with Crippen LogP contribution in [0.4, 0.5) is 5.13 Å². The van der Waals surface area contributed by atoms with E-state index in [1.165, 1.54) is 11.3 Å². The first-order valence-corrected chi connectivity index (χ1v) is 12.7. The Kier molecular flexibility index (Phi) is 8.18. The average Bonchev–Trinajstić information content (AvgIpc) is 3.50. The van der Waals surface area contributed by atoms with Crippen LogP contribution in [0, 0.1) is 0 Å². The number of ether oxygens (including phenoxy) is 3. The van der Waals surface area contributed by atoms with Gasteiger partial charge in [0.05, 0.1) is 36.1 Å². The summed E-state index contributed by atoms with van der Waals surface area (Å²) in [5.74, 6) is 1.44. The first-order valence-electron chi connectivity index (χ1n) is 11.9. The van der Waals surface area contributed by atoms with Crippen LogP contribution < -0.4 is 14.4 Å². The quantitative estimate of drug-likeness (QED) is 0.319. The third-order valence-corrected chi connectivity index (χ3v) is 6.68. The molecule has 7 heteroatoms. The second-order valence-corrected chi connectivity index (χ2v) is 9.20. The fraction of sp³-hybridized carbons (Fsp3) is 0.462. The summed E-state index contributed by atoms with van der Waals surface area (Å²) in [5, 5.41) is 0.674. The molecule has 1 aliphatic heterocycles. The Morgan fingerprint density at radius 3 is 2.82 bits per heavy atom. The van der Waals surface area contributed by atoms with Crippen LogP contribution >= 0.6 is 11.3 Å². The normalized spacial score (nSPS) is 15.6. The van der Waals surface area contributed by atoms with Crippen LogP contribution in [-0.4, -0.2) is 43.4 Å². The Labute approximate surface area is 199 Å². The fourth-order valence-electron chi connectivity index (χ4n) is 3.92. The number of anilines is 1. The van der Waals surface area contributed by atoms with Crippen molar-refractivity contribution in [3.63, 3.8) is 0 Å². The van der Waals surface area contributed by atoms with Crippen LogP contribution in [0.3, 0.4) is 0 Å². The summed E-state index contributed by atoms with van der Waals surface area (Å²) in [4.78, 5) is 20.2. The molecule has 0 bridgehead atoms. The second-order valence-electron chi connectivity index (χ2n) is 8.19. The van der Waals surface area contributed by atoms with E-state index in [-0.39, 0.29) is 12.0 Å². The molecule has 1 amide bonds. The van der Waals surface area contributed by atoms with Crippen molar-refractivity contribution in [3.8, 4) is 11.5 Å². The molecule has 1 atom stereocenters. The highest BCUT2D eigenvalue weighted by Gasteiger charge is 2.27. The number of carbonyl (C=O) groups excluding carboxylic acids is 1. The van der Waals surface area contributed by atoms with E-state index in [0.717, 1.165) is 60.4 Å². The Hall–Kier alpha value is -2.64. The molecular weight excluding hydrogens is 436 g/mol. The maximum absolute atomic E-state index is 13.7. The van der Waals surface area contributed by atoms with E-state index in [1.807, 2.05) is 49.4 Å². The van der Waals surface area contributed by atoms with Crippen LogP contribution in [0.1, 0.15) is 56.3 Å². The van der Waals surface area contributed by atoms with E-state index in [2.05, 4.69) is 6.92 Å². The Bertz CT molecular complexity index is 1060. The maximum Gasteiger partial charge on any atom is 0.260 e. The number of rotatable bonds is 11. The summed E-state index contributed by atoms with van der Waals surface area (Å²) < 4.78 is 18.4. The molecule has 4 rings (SSSR count). The fourth-order valence-corrected chi connectivity index (χ4v) is 4.92. The number of unbranched alkanes of at least 4 members (excludes halogenated alkanes) is 2. The molecule has 0 spiro atoms. The molecule has 1 saturated heterocycles. The van der Waals surface area contributed by atoms with Crippen molar-refractivity contribution in [2.45, 2.75) is 52.1 Å². The van der Waals surface area contributed by atoms with Gasteiger partial charge in [0, 0.05) is 12.2 Å². The van der Waals surface area contributed by atoms with Crippen molar-refractivity contribution < 1.29 is 19.0 Å². The average molecular weight is 469 g/mol. The van der Waals surface area contributed by atoms with Crippen molar-refractivity contribution in [1.29, 1.82) is 0 Å². The molecule has 1 unspecified atom stereocenters. The summed E-state index contributed by atoms with van der Waals surface area (Å²) >= 11 is 1.50. The monoisotopic (exact) mass is 468 g/mol. The van der Waals surface area contributed by atoms with Gasteiger partial charge in [0.25, 0.3) is 5.91 Å². The van der Waals surface area contributed by atoms with Gasteiger partial charge in [0.15, 0.2) is 5.13 Å². The second kappa shape index (κ2) is 11.5. The number of fused-ring (bicyclic) bond motifs is 1. The van der Waals surface area contributed by atoms with Gasteiger partial charge in [0.2, 0.25) is 0 Å². The maximum atomic E-state index is 13.7. The third-order valence-electron chi connectivity index (χ3n) is 5.64. The van der Waals surface area contributed by atoms with Crippen molar-refractivity contribution >= 4 is 32.6 Å². The highest BCUT2D eigenvalue weighted by Crippen LogP contribution is 2.33. The first kappa shape index (κ1) is 23.5. The summed E-state index contributed by atoms with van der Waals surface area (Å²) in [6.07, 6.45) is 5.28. The Morgan fingerprint density at radius 2 is 2.03 bits per heavy atom. The van der Waals surface area contributed by atoms with Crippen molar-refractivity contribution in [2.75, 3.05) is 31.3 Å². The number of benzene rings is 2. The van der Waals surface area contributed by atoms with Gasteiger partial charge >= 0.3 is 0 Å². The number of hydrogen-bond acceptors (Lipinski definition) is 6. The van der Waals surface area contributed by atoms with Gasteiger partial charge in [-0.2, -0.15) is 0 Å². The van der Waals surface area contributed by atoms with E-state index < -0.39 is 0 Å². The minimum absolute atomic E-state index is 0.0217. The van der Waals surface area contributed by atoms with Gasteiger partial charge < -0.3 is 14.2 Å². The number of nitrogens with zero attached hydrogens (tertiary/aromatic N) is 2. The number of carbonyl (C=O) groups is 1. The van der Waals surface area contributed by atoms with Gasteiger partial charge in [-0.1, -0.05) is 37.2 Å². The SMILES string of the molecule is CCCCCOc1cccc(C(=O)N(CC2CCCO2)c2nc3ccc(OCC)cc3s2)c1. The predicted molar refractivity (Wildman–Crippen MR) is 133 cm³/mol. The molecule has 1 fully saturated rings. The number of thiazole rings is 1. The number of aromatic nitrogens is 1. The molecule has 2 heterocycles. The van der Waals surface area contributed by atoms with Crippen molar-refractivity contribution in [2.24, 2.45) is 0 Å². The highest BCUT2D eigenvalue weighted by molar-refractivity contribution is 7.22. The summed E-state index contributed by atoms with van der Waals surface area (Å²) in [7, 11) is 0. The standard InChI is InChI=1S/C26H32N2O4S/c1-3-5-6-14-31-20-10-7-9-19(16-20)25(29)28(18-22-11-8-15-32-22)26-27-23-13-12-21(30-4-2)17-24(23)33-26/h7,9-10,12-13,16-17,22H,3-6,8,11,14-15,18H2,1-2H3. The molecule has 0 aliphatic carbocycles. The van der Waals surface area contributed by atoms with Gasteiger partial charge in [-0.05, 0) is 62.6 Å². The molecule has 3 aromatic rings. The molecule has 6 nitrogen and oxygen atoms in total. The molecule has 0 N–H and O–H groups in total. The van der Waals surface area contributed by atoms with Gasteiger partial charge in [-0.25, -0.2) is 4.98 Å². The van der Waals surface area contributed by atoms with E-state index in [4.69, 9.17) is 19.2 Å². The Morgan fingerprint density at radius 1 is 1.15 bits per heavy atom. The highest BCUT2D eigenvalue weighted by atomic mass is 32.1. The van der Waals surface area contributed by atoms with Crippen LogP contribution in [0.25, 0.3) is 10.2 Å². The van der Waals surface area contributed by atoms with E-state index in [9.17, 15) is 4.79 Å². The lowest BCUT2D eigenvalue weighted by Crippen LogP contribution is -2.37. The lowest BCUT2D eigenvalue weighted by Gasteiger charge is -2.23. The van der Waals surface area contributed by atoms with E-state index in [1.54, 1.807) is 4.90 Å². The molecule has 0 saturated carbocycles. The molecule has 0 radical (unpaired) electrons. The van der Waals surface area contributed by atoms with Crippen molar-refractivity contribution in [3.05, 3.63) is 48.0 Å². The molecule has 33 heavy (non-hydrogen) atoms. The summed E-state index contributed by atoms with van der Waals surface area (Å²) in [6, 6.07) is 13.3. The zero-order valence-electron chi connectivity index (χ0n) is 19.4. The van der Waals surface area contributed by atoms with Crippen molar-refractivity contribution in [1.82, 2.24) is 4.98 Å². The smallest absolute Gasteiger partial charge is 0.260 e. The zero-order valence-corrected chi connectivity index (χ0v) is 20.2. The lowest BCUT2D eigenvalue weighted by atomic mass is 10.1. The van der Waals surface area contributed by atoms with Gasteiger partial charge in [0.1, 0.15) is 11.5 Å². The number of hydrogen-bond donors (Lipinski definition) is 0. The minimum atomic E-state index is -0.0893. The van der Waals surface area contributed by atoms with Crippen LogP contribution in [0.5, 0.6) is 11.5 Å². The first-order chi connectivity index (χ1) is 16.2. The van der Waals surface area contributed by atoms with E-state index in [0.29, 0.717) is 30.5 Å². The van der Waals surface area contributed by atoms with Crippen LogP contribution in [0.15, 0.2) is 42.5 Å². The summed E-state index contributed by atoms with van der Waals surface area (Å²) in [6.45, 7) is 6.63. The molecule has 1 aliphatic rings. The van der Waals surface area contributed by atoms with E-state index >= 15 is 0 Å². The van der Waals surface area contributed by atoms with Gasteiger partial charge in [-0.3, -0.25) is 9.69 Å². The van der Waals surface area contributed by atoms with Crippen LogP contribution in [0.2, 0.25) is 0 Å². The summed E-state index contributed by atoms with van der Waals surface area (Å²) in [5.41, 5.74) is 1.45. The topological polar surface area (TPSA) is 60.9 Å².